The van der Waals surface area contributed by atoms with Crippen LogP contribution in [0.4, 0.5) is 5.82 Å². The average Bonchev–Trinajstić information content (AvgIpc) is 3.71. The summed E-state index contributed by atoms with van der Waals surface area (Å²) in [6, 6.07) is 0. The molecule has 0 bridgehead atoms. The van der Waals surface area contributed by atoms with Gasteiger partial charge in [0.25, 0.3) is 0 Å². The van der Waals surface area contributed by atoms with Crippen molar-refractivity contribution in [2.24, 2.45) is 5.41 Å². The molecule has 2 aromatic heterocycles. The number of aliphatic hydroxyl groups excluding tert-OH is 2. The van der Waals surface area contributed by atoms with Crippen LogP contribution in [-0.4, -0.2) is 123 Å². The Morgan fingerprint density at radius 1 is 1.05 bits per heavy atom. The second-order valence-corrected chi connectivity index (χ2v) is 19.2. The zero-order valence-electron chi connectivity index (χ0n) is 32.7. The molecule has 1 saturated heterocycles. The Morgan fingerprint density at radius 3 is 2.42 bits per heavy atom. The molecule has 0 radical (unpaired) electrons. The zero-order valence-corrected chi connectivity index (χ0v) is 36.2. The molecule has 1 aliphatic rings. The van der Waals surface area contributed by atoms with Gasteiger partial charge in [0.05, 0.1) is 19.5 Å². The predicted octanol–water partition coefficient (Wildman–Crippen LogP) is 1.58. The Kier molecular flexibility index (Phi) is 19.2. The highest BCUT2D eigenvalue weighted by Gasteiger charge is 2.50. The van der Waals surface area contributed by atoms with Crippen LogP contribution in [0.25, 0.3) is 11.2 Å². The molecule has 2 unspecified atom stereocenters. The van der Waals surface area contributed by atoms with Gasteiger partial charge >= 0.3 is 23.5 Å². The van der Waals surface area contributed by atoms with Gasteiger partial charge in [-0.2, -0.15) is 4.31 Å². The van der Waals surface area contributed by atoms with Gasteiger partial charge in [0.2, 0.25) is 16.9 Å². The molecule has 3 heterocycles. The van der Waals surface area contributed by atoms with Gasteiger partial charge in [-0.3, -0.25) is 32.5 Å². The Hall–Kier alpha value is -2.70. The number of carbonyl (C=O) groups excluding carboxylic acids is 3. The Morgan fingerprint density at radius 2 is 1.75 bits per heavy atom. The van der Waals surface area contributed by atoms with Crippen molar-refractivity contribution in [3.8, 4) is 0 Å². The molecule has 7 atom stereocenters. The average molecular weight is 920 g/mol. The minimum atomic E-state index is -5.57. The van der Waals surface area contributed by atoms with Gasteiger partial charge in [0.1, 0.15) is 36.3 Å². The molecule has 0 aliphatic carbocycles. The molecule has 3 rings (SSSR count). The summed E-state index contributed by atoms with van der Waals surface area (Å²) in [6.07, 6.45) is 0.247. The number of aromatic nitrogens is 4. The van der Waals surface area contributed by atoms with Crippen molar-refractivity contribution in [1.82, 2.24) is 30.2 Å². The van der Waals surface area contributed by atoms with E-state index in [1.807, 2.05) is 6.08 Å². The van der Waals surface area contributed by atoms with Gasteiger partial charge in [-0.1, -0.05) is 57.9 Å². The number of hydrogen-bond donors (Lipinski definition) is 9. The van der Waals surface area contributed by atoms with Gasteiger partial charge in [-0.25, -0.2) is 28.6 Å². The van der Waals surface area contributed by atoms with Crippen LogP contribution >= 0.6 is 35.2 Å². The van der Waals surface area contributed by atoms with E-state index in [1.54, 1.807) is 6.92 Å². The molecule has 0 spiro atoms. The number of nitrogens with one attached hydrogen (secondary N) is 2. The predicted molar refractivity (Wildman–Crippen MR) is 210 cm³/mol. The molecular formula is C31H52N7O17P3S. The second kappa shape index (κ2) is 22.4. The van der Waals surface area contributed by atoms with Crippen molar-refractivity contribution in [2.75, 3.05) is 37.8 Å². The third-order valence-electron chi connectivity index (χ3n) is 8.57. The van der Waals surface area contributed by atoms with Gasteiger partial charge in [-0.05, 0) is 25.3 Å². The third-order valence-corrected chi connectivity index (χ3v) is 12.7. The van der Waals surface area contributed by atoms with E-state index in [2.05, 4.69) is 41.3 Å². The van der Waals surface area contributed by atoms with Crippen LogP contribution in [-0.2, 0) is 50.7 Å². The summed E-state index contributed by atoms with van der Waals surface area (Å²) in [5, 5.41) is 26.4. The molecule has 334 valence electrons. The number of unbranched alkanes of at least 4 members (excludes halogenated alkanes) is 4. The highest BCUT2D eigenvalue weighted by molar-refractivity contribution is 8.14. The van der Waals surface area contributed by atoms with Crippen LogP contribution in [0.5, 0.6) is 0 Å². The molecule has 0 aromatic carbocycles. The van der Waals surface area contributed by atoms with E-state index >= 15 is 0 Å². The first-order chi connectivity index (χ1) is 27.5. The fraction of sp³-hybridized carbons (Fsp3) is 0.677. The number of thioether (sulfide) groups is 1. The molecular weight excluding hydrogens is 867 g/mol. The van der Waals surface area contributed by atoms with E-state index in [0.717, 1.165) is 61.1 Å². The van der Waals surface area contributed by atoms with E-state index in [-0.39, 0.29) is 41.6 Å². The molecule has 28 heteroatoms. The summed E-state index contributed by atoms with van der Waals surface area (Å²) in [7, 11) is -16.4. The van der Waals surface area contributed by atoms with Crippen LogP contribution in [0, 0.1) is 5.41 Å². The maximum Gasteiger partial charge on any atom is 0.481 e. The lowest BCUT2D eigenvalue weighted by atomic mass is 9.87. The molecule has 1 fully saturated rings. The number of rotatable bonds is 25. The topological polar surface area (TPSA) is 364 Å². The van der Waals surface area contributed by atoms with Crippen LogP contribution in [0.1, 0.15) is 72.4 Å². The maximum atomic E-state index is 12.7. The van der Waals surface area contributed by atoms with Gasteiger partial charge in [0.15, 0.2) is 17.7 Å². The SMILES string of the molecule is CCCCCCC=C(C)C(=O)SCCNC(=O)CCNC(=O)[C@H](O)C(C)(C)COP(=O)(O)OP(=O)(O)OC[C@H]1O[C@@H](n2cnc3c(N)ncnc32)[C@H](O)[C@@H]1OP(=O)(O)O. The Labute approximate surface area is 343 Å². The van der Waals surface area contributed by atoms with Crippen LogP contribution < -0.4 is 16.4 Å². The first kappa shape index (κ1) is 50.7. The van der Waals surface area contributed by atoms with E-state index in [9.17, 15) is 57.9 Å². The summed E-state index contributed by atoms with van der Waals surface area (Å²) in [6.45, 7) is 4.38. The van der Waals surface area contributed by atoms with Crippen molar-refractivity contribution in [1.29, 1.82) is 0 Å². The molecule has 1 aliphatic heterocycles. The fourth-order valence-corrected chi connectivity index (χ4v) is 8.89. The molecule has 10 N–H and O–H groups in total. The van der Waals surface area contributed by atoms with Crippen molar-refractivity contribution >= 4 is 69.1 Å². The lowest BCUT2D eigenvalue weighted by Gasteiger charge is -2.30. The van der Waals surface area contributed by atoms with Crippen LogP contribution in [0.2, 0.25) is 0 Å². The standard InChI is InChI=1S/C31H52N7O17P3S/c1-5-6-7-8-9-10-19(2)30(43)59-14-13-33-21(39)11-12-34-28(42)25(41)31(3,4)16-52-58(49,50)55-57(47,48)51-15-20-24(54-56(44,45)46)23(40)29(53-20)38-18-37-22-26(32)35-17-36-27(22)38/h10,17-18,20,23-25,29,40-41H,5-9,11-16H2,1-4H3,(H,33,39)(H,34,42)(H,47,48)(H,49,50)(H2,32,35,36)(H2,44,45,46)/t20-,23-,24-,25+,29-/m1/s1. The fourth-order valence-electron chi connectivity index (χ4n) is 5.36. The number of amides is 2. The molecule has 24 nitrogen and oxygen atoms in total. The molecule has 0 saturated carbocycles. The number of hydrogen-bond acceptors (Lipinski definition) is 18. The summed E-state index contributed by atoms with van der Waals surface area (Å²) < 4.78 is 62.2. The molecule has 59 heavy (non-hydrogen) atoms. The van der Waals surface area contributed by atoms with Crippen molar-refractivity contribution in [3.05, 3.63) is 24.3 Å². The van der Waals surface area contributed by atoms with Crippen molar-refractivity contribution in [2.45, 2.75) is 96.9 Å². The van der Waals surface area contributed by atoms with Gasteiger partial charge in [0, 0.05) is 30.7 Å². The number of nitrogen functional groups attached to an aromatic ring is 1. The largest absolute Gasteiger partial charge is 0.481 e. The molecule has 2 aromatic rings. The smallest absolute Gasteiger partial charge is 0.386 e. The van der Waals surface area contributed by atoms with E-state index in [1.165, 1.54) is 13.8 Å². The first-order valence-electron chi connectivity index (χ1n) is 18.2. The van der Waals surface area contributed by atoms with E-state index in [4.69, 9.17) is 19.5 Å². The number of imidazole rings is 1. The van der Waals surface area contributed by atoms with Crippen LogP contribution in [0.3, 0.4) is 0 Å². The highest BCUT2D eigenvalue weighted by atomic mass is 32.2. The number of aliphatic hydroxyl groups is 2. The number of ether oxygens (including phenoxy) is 1. The first-order valence-corrected chi connectivity index (χ1v) is 23.7. The van der Waals surface area contributed by atoms with Crippen LogP contribution in [0.15, 0.2) is 24.3 Å². The monoisotopic (exact) mass is 919 g/mol. The Balaban J connectivity index is 1.45. The number of allylic oxidation sites excluding steroid dienone is 1. The van der Waals surface area contributed by atoms with Crippen molar-refractivity contribution < 1.29 is 80.5 Å². The summed E-state index contributed by atoms with van der Waals surface area (Å²) in [4.78, 5) is 88.1. The third kappa shape index (κ3) is 16.3. The zero-order chi connectivity index (χ0) is 44.2. The number of nitrogens with two attached hydrogens (primary N) is 1. The minimum absolute atomic E-state index is 0.0312. The lowest BCUT2D eigenvalue weighted by Crippen LogP contribution is -2.46. The Bertz CT molecular complexity index is 1930. The summed E-state index contributed by atoms with van der Waals surface area (Å²) in [5.74, 6) is -1.11. The number of anilines is 1. The van der Waals surface area contributed by atoms with E-state index < -0.39 is 84.6 Å². The highest BCUT2D eigenvalue weighted by Crippen LogP contribution is 2.61. The molecule has 2 amide bonds. The number of carbonyl (C=O) groups is 3. The van der Waals surface area contributed by atoms with Gasteiger partial charge < -0.3 is 50.9 Å². The number of nitrogens with zero attached hydrogens (tertiary/aromatic N) is 4. The second-order valence-electron chi connectivity index (χ2n) is 13.9. The van der Waals surface area contributed by atoms with Gasteiger partial charge in [-0.15, -0.1) is 0 Å². The van der Waals surface area contributed by atoms with E-state index in [0.29, 0.717) is 11.3 Å². The summed E-state index contributed by atoms with van der Waals surface area (Å²) in [5.41, 5.74) is 4.93. The normalized spacial score (nSPS) is 21.5. The number of phosphoric ester groups is 3. The minimum Gasteiger partial charge on any atom is -0.386 e. The summed E-state index contributed by atoms with van der Waals surface area (Å²) >= 11 is 1.08. The quantitative estimate of drug-likeness (QED) is 0.0388. The van der Waals surface area contributed by atoms with Crippen molar-refractivity contribution in [3.63, 3.8) is 0 Å². The maximum absolute atomic E-state index is 12.7. The number of phosphoric acid groups is 3. The number of fused-ring (bicyclic) bond motifs is 1. The lowest BCUT2D eigenvalue weighted by molar-refractivity contribution is -0.137.